The standard InChI is InChI=1S/C11H18N2/c1-11(2)6-10(11)13-9-5-3-4-8(9)7-12/h8-10,13H,3-6H2,1-2H3. The molecule has 2 nitrogen and oxygen atoms in total. The van der Waals surface area contributed by atoms with Gasteiger partial charge in [0, 0.05) is 12.1 Å². The second-order valence-electron chi connectivity index (χ2n) is 5.18. The highest BCUT2D eigenvalue weighted by Gasteiger charge is 2.47. The zero-order valence-electron chi connectivity index (χ0n) is 8.51. The molecule has 2 aliphatic rings. The van der Waals surface area contributed by atoms with Crippen LogP contribution in [0, 0.1) is 22.7 Å². The molecule has 2 fully saturated rings. The van der Waals surface area contributed by atoms with Crippen LogP contribution in [0.3, 0.4) is 0 Å². The summed E-state index contributed by atoms with van der Waals surface area (Å²) < 4.78 is 0. The Labute approximate surface area is 80.3 Å². The molecule has 0 aromatic carbocycles. The minimum atomic E-state index is 0.274. The van der Waals surface area contributed by atoms with Crippen molar-refractivity contribution >= 4 is 0 Å². The molecular weight excluding hydrogens is 160 g/mol. The van der Waals surface area contributed by atoms with Crippen molar-refractivity contribution in [1.82, 2.24) is 5.32 Å². The molecule has 3 unspecified atom stereocenters. The molecule has 13 heavy (non-hydrogen) atoms. The molecule has 3 atom stereocenters. The van der Waals surface area contributed by atoms with Crippen molar-refractivity contribution in [2.45, 2.75) is 51.6 Å². The van der Waals surface area contributed by atoms with E-state index in [9.17, 15) is 0 Å². The Morgan fingerprint density at radius 1 is 1.38 bits per heavy atom. The van der Waals surface area contributed by atoms with Crippen LogP contribution in [0.5, 0.6) is 0 Å². The van der Waals surface area contributed by atoms with Crippen LogP contribution in [-0.4, -0.2) is 12.1 Å². The van der Waals surface area contributed by atoms with E-state index in [4.69, 9.17) is 5.26 Å². The van der Waals surface area contributed by atoms with Gasteiger partial charge in [-0.1, -0.05) is 20.3 Å². The SMILES string of the molecule is CC1(C)CC1NC1CCCC1C#N. The van der Waals surface area contributed by atoms with E-state index >= 15 is 0 Å². The topological polar surface area (TPSA) is 35.8 Å². The Kier molecular flexibility index (Phi) is 2.08. The molecule has 0 radical (unpaired) electrons. The lowest BCUT2D eigenvalue weighted by molar-refractivity contribution is 0.426. The van der Waals surface area contributed by atoms with Gasteiger partial charge in [-0.05, 0) is 24.7 Å². The first-order chi connectivity index (χ1) is 6.13. The Bertz CT molecular complexity index is 239. The van der Waals surface area contributed by atoms with Crippen LogP contribution >= 0.6 is 0 Å². The second kappa shape index (κ2) is 2.99. The highest BCUT2D eigenvalue weighted by Crippen LogP contribution is 2.45. The summed E-state index contributed by atoms with van der Waals surface area (Å²) in [6.45, 7) is 4.59. The summed E-state index contributed by atoms with van der Waals surface area (Å²) in [5.74, 6) is 0.274. The van der Waals surface area contributed by atoms with Gasteiger partial charge in [0.25, 0.3) is 0 Å². The summed E-state index contributed by atoms with van der Waals surface area (Å²) >= 11 is 0. The van der Waals surface area contributed by atoms with E-state index in [0.29, 0.717) is 17.5 Å². The number of nitriles is 1. The molecule has 0 aliphatic heterocycles. The van der Waals surface area contributed by atoms with Crippen molar-refractivity contribution in [2.24, 2.45) is 11.3 Å². The van der Waals surface area contributed by atoms with E-state index in [2.05, 4.69) is 25.2 Å². The highest BCUT2D eigenvalue weighted by molar-refractivity contribution is 5.06. The summed E-state index contributed by atoms with van der Waals surface area (Å²) in [5.41, 5.74) is 0.489. The van der Waals surface area contributed by atoms with Gasteiger partial charge < -0.3 is 5.32 Å². The van der Waals surface area contributed by atoms with Gasteiger partial charge in [-0.2, -0.15) is 5.26 Å². The predicted molar refractivity (Wildman–Crippen MR) is 52.1 cm³/mol. The van der Waals surface area contributed by atoms with Crippen LogP contribution in [0.2, 0.25) is 0 Å². The fraction of sp³-hybridized carbons (Fsp3) is 0.909. The van der Waals surface area contributed by atoms with Crippen molar-refractivity contribution in [2.75, 3.05) is 0 Å². The zero-order valence-corrected chi connectivity index (χ0v) is 8.51. The molecule has 0 amide bonds. The number of nitrogens with one attached hydrogen (secondary N) is 1. The molecule has 0 heterocycles. The third-order valence-electron chi connectivity index (χ3n) is 3.61. The van der Waals surface area contributed by atoms with Crippen LogP contribution < -0.4 is 5.32 Å². The van der Waals surface area contributed by atoms with Crippen LogP contribution in [0.15, 0.2) is 0 Å². The van der Waals surface area contributed by atoms with Gasteiger partial charge in [-0.3, -0.25) is 0 Å². The van der Waals surface area contributed by atoms with Crippen LogP contribution in [-0.2, 0) is 0 Å². The van der Waals surface area contributed by atoms with Gasteiger partial charge in [-0.15, -0.1) is 0 Å². The van der Waals surface area contributed by atoms with Gasteiger partial charge >= 0.3 is 0 Å². The van der Waals surface area contributed by atoms with Crippen molar-refractivity contribution in [1.29, 1.82) is 5.26 Å². The second-order valence-corrected chi connectivity index (χ2v) is 5.18. The maximum Gasteiger partial charge on any atom is 0.0672 e. The average Bonchev–Trinajstić information content (AvgIpc) is 2.50. The largest absolute Gasteiger partial charge is 0.309 e. The molecule has 1 N–H and O–H groups in total. The molecule has 0 aromatic heterocycles. The van der Waals surface area contributed by atoms with E-state index in [0.717, 1.165) is 6.42 Å². The van der Waals surface area contributed by atoms with E-state index in [1.807, 2.05) is 0 Å². The maximum absolute atomic E-state index is 8.91. The molecule has 0 bridgehead atoms. The first-order valence-electron chi connectivity index (χ1n) is 5.29. The number of hydrogen-bond acceptors (Lipinski definition) is 2. The first kappa shape index (κ1) is 9.02. The fourth-order valence-electron chi connectivity index (χ4n) is 2.32. The predicted octanol–water partition coefficient (Wildman–Crippen LogP) is 2.07. The Balaban J connectivity index is 1.86. The molecule has 2 saturated carbocycles. The van der Waals surface area contributed by atoms with Gasteiger partial charge in [0.1, 0.15) is 0 Å². The van der Waals surface area contributed by atoms with Gasteiger partial charge in [-0.25, -0.2) is 0 Å². The summed E-state index contributed by atoms with van der Waals surface area (Å²) in [5, 5.41) is 12.5. The molecule has 2 rings (SSSR count). The zero-order chi connectivity index (χ0) is 9.47. The maximum atomic E-state index is 8.91. The molecule has 2 heteroatoms. The van der Waals surface area contributed by atoms with E-state index < -0.39 is 0 Å². The van der Waals surface area contributed by atoms with Crippen molar-refractivity contribution in [3.63, 3.8) is 0 Å². The quantitative estimate of drug-likeness (QED) is 0.702. The molecule has 2 aliphatic carbocycles. The summed E-state index contributed by atoms with van der Waals surface area (Å²) in [4.78, 5) is 0. The highest BCUT2D eigenvalue weighted by atomic mass is 15.0. The van der Waals surface area contributed by atoms with Crippen molar-refractivity contribution in [3.8, 4) is 6.07 Å². The minimum Gasteiger partial charge on any atom is -0.309 e. The summed E-state index contributed by atoms with van der Waals surface area (Å²) in [6.07, 6.45) is 4.80. The van der Waals surface area contributed by atoms with Crippen LogP contribution in [0.25, 0.3) is 0 Å². The Morgan fingerprint density at radius 3 is 2.62 bits per heavy atom. The van der Waals surface area contributed by atoms with E-state index in [1.165, 1.54) is 19.3 Å². The number of nitrogens with zero attached hydrogens (tertiary/aromatic N) is 1. The van der Waals surface area contributed by atoms with Gasteiger partial charge in [0.05, 0.1) is 12.0 Å². The summed E-state index contributed by atoms with van der Waals surface area (Å²) in [6, 6.07) is 3.57. The van der Waals surface area contributed by atoms with Crippen molar-refractivity contribution < 1.29 is 0 Å². The minimum absolute atomic E-state index is 0.274. The number of hydrogen-bond donors (Lipinski definition) is 1. The fourth-order valence-corrected chi connectivity index (χ4v) is 2.32. The molecule has 0 saturated heterocycles. The van der Waals surface area contributed by atoms with Crippen molar-refractivity contribution in [3.05, 3.63) is 0 Å². The Hall–Kier alpha value is -0.550. The van der Waals surface area contributed by atoms with E-state index in [-0.39, 0.29) is 5.92 Å². The van der Waals surface area contributed by atoms with Gasteiger partial charge in [0.15, 0.2) is 0 Å². The monoisotopic (exact) mass is 178 g/mol. The molecular formula is C11H18N2. The smallest absolute Gasteiger partial charge is 0.0672 e. The molecule has 0 spiro atoms. The lowest BCUT2D eigenvalue weighted by Gasteiger charge is -2.16. The number of rotatable bonds is 2. The first-order valence-corrected chi connectivity index (χ1v) is 5.29. The average molecular weight is 178 g/mol. The molecule has 0 aromatic rings. The summed E-state index contributed by atoms with van der Waals surface area (Å²) in [7, 11) is 0. The normalized spacial score (nSPS) is 41.5. The lowest BCUT2D eigenvalue weighted by atomic mass is 10.1. The van der Waals surface area contributed by atoms with Crippen LogP contribution in [0.1, 0.15) is 39.5 Å². The molecule has 72 valence electrons. The lowest BCUT2D eigenvalue weighted by Crippen LogP contribution is -2.35. The third-order valence-corrected chi connectivity index (χ3v) is 3.61. The van der Waals surface area contributed by atoms with Gasteiger partial charge in [0.2, 0.25) is 0 Å². The Morgan fingerprint density at radius 2 is 2.08 bits per heavy atom. The van der Waals surface area contributed by atoms with Crippen LogP contribution in [0.4, 0.5) is 0 Å². The third kappa shape index (κ3) is 1.71. The van der Waals surface area contributed by atoms with E-state index in [1.54, 1.807) is 0 Å².